The number of benzene rings is 2. The van der Waals surface area contributed by atoms with Gasteiger partial charge in [0.05, 0.1) is 11.4 Å². The molecule has 0 radical (unpaired) electrons. The molecule has 0 aliphatic carbocycles. The Bertz CT molecular complexity index is 992. The summed E-state index contributed by atoms with van der Waals surface area (Å²) in [5.74, 6) is -0.637. The maximum absolute atomic E-state index is 12.9. The van der Waals surface area contributed by atoms with Gasteiger partial charge in [0.25, 0.3) is 5.91 Å². The summed E-state index contributed by atoms with van der Waals surface area (Å²) in [5, 5.41) is 8.00. The van der Waals surface area contributed by atoms with Crippen LogP contribution in [0.15, 0.2) is 42.5 Å². The quantitative estimate of drug-likeness (QED) is 0.723. The Hall–Kier alpha value is -3.02. The number of hydrogen-bond acceptors (Lipinski definition) is 4. The fourth-order valence-corrected chi connectivity index (χ4v) is 3.42. The van der Waals surface area contributed by atoms with Gasteiger partial charge in [-0.3, -0.25) is 9.59 Å². The van der Waals surface area contributed by atoms with Crippen LogP contribution < -0.4 is 4.90 Å². The van der Waals surface area contributed by atoms with Crippen molar-refractivity contribution in [3.05, 3.63) is 53.6 Å². The second kappa shape index (κ2) is 5.81. The largest absolute Gasteiger partial charge is 0.311 e. The topological polar surface area (TPSA) is 68.1 Å². The number of fused-ring (bicyclic) bond motifs is 1. The highest BCUT2D eigenvalue weighted by molar-refractivity contribution is 6.02. The van der Waals surface area contributed by atoms with Crippen LogP contribution in [0.1, 0.15) is 22.3 Å². The van der Waals surface area contributed by atoms with Gasteiger partial charge in [-0.15, -0.1) is 5.10 Å². The van der Waals surface area contributed by atoms with Gasteiger partial charge < -0.3 is 4.90 Å². The summed E-state index contributed by atoms with van der Waals surface area (Å²) in [5.41, 5.74) is 4.40. The lowest BCUT2D eigenvalue weighted by molar-refractivity contribution is -0.117. The Balaban J connectivity index is 1.62. The maximum atomic E-state index is 12.9. The highest BCUT2D eigenvalue weighted by atomic mass is 16.2. The molecule has 126 valence electrons. The summed E-state index contributed by atoms with van der Waals surface area (Å²) in [4.78, 5) is 27.1. The molecule has 0 bridgehead atoms. The van der Waals surface area contributed by atoms with Crippen LogP contribution in [0.3, 0.4) is 0 Å². The molecule has 0 N–H and O–H groups in total. The van der Waals surface area contributed by atoms with E-state index in [4.69, 9.17) is 0 Å². The molecule has 0 saturated carbocycles. The summed E-state index contributed by atoms with van der Waals surface area (Å²) in [6.07, 6.45) is 0.195. The van der Waals surface area contributed by atoms with Crippen molar-refractivity contribution in [1.82, 2.24) is 15.0 Å². The second-order valence-corrected chi connectivity index (χ2v) is 6.52. The minimum absolute atomic E-state index is 0.0327. The van der Waals surface area contributed by atoms with E-state index >= 15 is 0 Å². The van der Waals surface area contributed by atoms with Crippen molar-refractivity contribution >= 4 is 28.5 Å². The van der Waals surface area contributed by atoms with Gasteiger partial charge >= 0.3 is 0 Å². The second-order valence-electron chi connectivity index (χ2n) is 6.52. The Morgan fingerprint density at radius 3 is 2.76 bits per heavy atom. The van der Waals surface area contributed by atoms with Gasteiger partial charge in [0.15, 0.2) is 0 Å². The van der Waals surface area contributed by atoms with Crippen LogP contribution >= 0.6 is 0 Å². The van der Waals surface area contributed by atoms with Crippen LogP contribution in [-0.2, 0) is 4.79 Å². The van der Waals surface area contributed by atoms with Gasteiger partial charge in [0, 0.05) is 18.7 Å². The monoisotopic (exact) mass is 334 g/mol. The van der Waals surface area contributed by atoms with Crippen molar-refractivity contribution in [3.63, 3.8) is 0 Å². The number of carbonyl (C=O) groups excluding carboxylic acids is 2. The molecule has 1 unspecified atom stereocenters. The Morgan fingerprint density at radius 2 is 1.96 bits per heavy atom. The fraction of sp³-hybridized carbons (Fsp3) is 0.263. The summed E-state index contributed by atoms with van der Waals surface area (Å²) < 4.78 is 1.32. The van der Waals surface area contributed by atoms with Crippen LogP contribution in [0.5, 0.6) is 0 Å². The highest BCUT2D eigenvalue weighted by Crippen LogP contribution is 2.29. The average molecular weight is 334 g/mol. The SMILES string of the molecule is Cc1ccc(N2CC(C(=O)n3nnc4ccccc43)CC2=O)c(C)c1. The first-order valence-corrected chi connectivity index (χ1v) is 8.27. The molecule has 2 aromatic carbocycles. The molecule has 1 aromatic heterocycles. The van der Waals surface area contributed by atoms with Crippen molar-refractivity contribution in [1.29, 1.82) is 0 Å². The number of para-hydroxylation sites is 1. The van der Waals surface area contributed by atoms with E-state index in [1.807, 2.05) is 56.3 Å². The molecular formula is C19H18N4O2. The number of hydrogen-bond donors (Lipinski definition) is 0. The van der Waals surface area contributed by atoms with Crippen LogP contribution in [0.2, 0.25) is 0 Å². The Labute approximate surface area is 145 Å². The minimum Gasteiger partial charge on any atom is -0.311 e. The zero-order valence-electron chi connectivity index (χ0n) is 14.1. The lowest BCUT2D eigenvalue weighted by Gasteiger charge is -2.19. The Kier molecular flexibility index (Phi) is 3.60. The molecule has 0 spiro atoms. The standard InChI is InChI=1S/C19H18N4O2/c1-12-7-8-16(13(2)9-12)22-11-14(10-18(22)24)19(25)23-17-6-4-3-5-15(17)20-21-23/h3-9,14H,10-11H2,1-2H3. The van der Waals surface area contributed by atoms with Crippen molar-refractivity contribution in [2.24, 2.45) is 5.92 Å². The molecule has 1 amide bonds. The summed E-state index contributed by atoms with van der Waals surface area (Å²) in [7, 11) is 0. The third-order valence-corrected chi connectivity index (χ3v) is 4.68. The average Bonchev–Trinajstić information content (AvgIpc) is 3.18. The van der Waals surface area contributed by atoms with E-state index in [2.05, 4.69) is 10.3 Å². The summed E-state index contributed by atoms with van der Waals surface area (Å²) >= 11 is 0. The smallest absolute Gasteiger partial charge is 0.254 e. The van der Waals surface area contributed by atoms with E-state index in [0.717, 1.165) is 16.8 Å². The lowest BCUT2D eigenvalue weighted by Crippen LogP contribution is -2.28. The van der Waals surface area contributed by atoms with Crippen molar-refractivity contribution in [3.8, 4) is 0 Å². The predicted molar refractivity (Wildman–Crippen MR) is 94.5 cm³/mol. The number of aryl methyl sites for hydroxylation is 2. The van der Waals surface area contributed by atoms with Gasteiger partial charge in [0.1, 0.15) is 5.52 Å². The molecule has 3 aromatic rings. The molecular weight excluding hydrogens is 316 g/mol. The predicted octanol–water partition coefficient (Wildman–Crippen LogP) is 2.74. The zero-order chi connectivity index (χ0) is 17.6. The molecule has 1 atom stereocenters. The first-order valence-electron chi connectivity index (χ1n) is 8.27. The third kappa shape index (κ3) is 2.59. The molecule has 1 saturated heterocycles. The van der Waals surface area contributed by atoms with E-state index in [-0.39, 0.29) is 18.2 Å². The number of rotatable bonds is 2. The van der Waals surface area contributed by atoms with Gasteiger partial charge in [-0.25, -0.2) is 0 Å². The van der Waals surface area contributed by atoms with Gasteiger partial charge in [-0.1, -0.05) is 35.0 Å². The maximum Gasteiger partial charge on any atom is 0.254 e. The third-order valence-electron chi connectivity index (χ3n) is 4.68. The summed E-state index contributed by atoms with van der Waals surface area (Å²) in [6.45, 7) is 4.37. The van der Waals surface area contributed by atoms with Gasteiger partial charge in [0.2, 0.25) is 5.91 Å². The number of carbonyl (C=O) groups is 2. The summed E-state index contributed by atoms with van der Waals surface area (Å²) in [6, 6.07) is 13.3. The van der Waals surface area contributed by atoms with Crippen LogP contribution in [0.25, 0.3) is 11.0 Å². The number of amides is 1. The van der Waals surface area contributed by atoms with E-state index in [9.17, 15) is 9.59 Å². The number of anilines is 1. The molecule has 1 aliphatic rings. The molecule has 6 heteroatoms. The molecule has 6 nitrogen and oxygen atoms in total. The first-order chi connectivity index (χ1) is 12.0. The zero-order valence-corrected chi connectivity index (χ0v) is 14.1. The van der Waals surface area contributed by atoms with Crippen molar-refractivity contribution in [2.45, 2.75) is 20.3 Å². The van der Waals surface area contributed by atoms with Crippen LogP contribution in [0.4, 0.5) is 5.69 Å². The molecule has 1 aliphatic heterocycles. The minimum atomic E-state index is -0.418. The Morgan fingerprint density at radius 1 is 1.16 bits per heavy atom. The van der Waals surface area contributed by atoms with E-state index in [1.54, 1.807) is 4.90 Å². The van der Waals surface area contributed by atoms with E-state index in [1.165, 1.54) is 4.68 Å². The van der Waals surface area contributed by atoms with Crippen LogP contribution in [-0.4, -0.2) is 33.4 Å². The fourth-order valence-electron chi connectivity index (χ4n) is 3.42. The van der Waals surface area contributed by atoms with Crippen LogP contribution in [0, 0.1) is 19.8 Å². The van der Waals surface area contributed by atoms with Crippen molar-refractivity contribution < 1.29 is 9.59 Å². The van der Waals surface area contributed by atoms with Gasteiger partial charge in [-0.05, 0) is 37.6 Å². The number of aromatic nitrogens is 3. The van der Waals surface area contributed by atoms with E-state index < -0.39 is 5.92 Å². The molecule has 25 heavy (non-hydrogen) atoms. The molecule has 2 heterocycles. The molecule has 4 rings (SSSR count). The first kappa shape index (κ1) is 15.5. The normalized spacial score (nSPS) is 17.4. The van der Waals surface area contributed by atoms with Crippen molar-refractivity contribution in [2.75, 3.05) is 11.4 Å². The lowest BCUT2D eigenvalue weighted by atomic mass is 10.1. The van der Waals surface area contributed by atoms with E-state index in [0.29, 0.717) is 17.6 Å². The van der Waals surface area contributed by atoms with Gasteiger partial charge in [-0.2, -0.15) is 4.68 Å². The number of nitrogens with zero attached hydrogens (tertiary/aromatic N) is 4. The highest BCUT2D eigenvalue weighted by Gasteiger charge is 2.37. The molecule has 1 fully saturated rings.